The number of rotatable bonds is 7. The zero-order valence-corrected chi connectivity index (χ0v) is 10.9. The molecule has 1 saturated heterocycles. The van der Waals surface area contributed by atoms with E-state index in [4.69, 9.17) is 5.11 Å². The van der Waals surface area contributed by atoms with Crippen LogP contribution in [0.2, 0.25) is 0 Å². The van der Waals surface area contributed by atoms with Crippen LogP contribution in [-0.4, -0.2) is 46.3 Å². The van der Waals surface area contributed by atoms with Gasteiger partial charge in [-0.25, -0.2) is 0 Å². The summed E-state index contributed by atoms with van der Waals surface area (Å²) in [4.78, 5) is 13.0. The van der Waals surface area contributed by atoms with Crippen molar-refractivity contribution in [3.8, 4) is 0 Å². The van der Waals surface area contributed by atoms with Gasteiger partial charge in [0.1, 0.15) is 6.04 Å². The summed E-state index contributed by atoms with van der Waals surface area (Å²) in [6.45, 7) is 5.65. The van der Waals surface area contributed by atoms with Gasteiger partial charge in [0.25, 0.3) is 0 Å². The van der Waals surface area contributed by atoms with Gasteiger partial charge in [-0.15, -0.1) is 0 Å². The molecule has 0 radical (unpaired) electrons. The highest BCUT2D eigenvalue weighted by Crippen LogP contribution is 2.22. The number of likely N-dealkylation sites (tertiary alicyclic amines) is 1. The molecule has 100 valence electrons. The molecule has 4 heteroatoms. The Hall–Kier alpha value is -0.610. The van der Waals surface area contributed by atoms with Crippen LogP contribution >= 0.6 is 0 Å². The minimum absolute atomic E-state index is 0.375. The third-order valence-corrected chi connectivity index (χ3v) is 3.70. The second kappa shape index (κ2) is 6.97. The van der Waals surface area contributed by atoms with E-state index in [1.165, 1.54) is 12.8 Å². The fraction of sp³-hybridized carbons (Fsp3) is 0.923. The van der Waals surface area contributed by atoms with Crippen molar-refractivity contribution in [1.82, 2.24) is 4.90 Å². The summed E-state index contributed by atoms with van der Waals surface area (Å²) < 4.78 is 0. The standard InChI is InChI=1S/C13H25NO3/c1-3-5-6-10(4-2)8-14-9-11(15)7-12(14)13(16)17/h10-12,15H,3-9H2,1-2H3,(H,16,17)/t10?,11-,12+/m1/s1. The molecule has 1 aliphatic rings. The van der Waals surface area contributed by atoms with Crippen LogP contribution in [0.3, 0.4) is 0 Å². The fourth-order valence-corrected chi connectivity index (χ4v) is 2.59. The highest BCUT2D eigenvalue weighted by molar-refractivity contribution is 5.74. The lowest BCUT2D eigenvalue weighted by atomic mass is 9.98. The van der Waals surface area contributed by atoms with Gasteiger partial charge in [-0.05, 0) is 12.3 Å². The molecule has 1 rings (SSSR count). The number of carbonyl (C=O) groups is 1. The van der Waals surface area contributed by atoms with Crippen LogP contribution in [0.4, 0.5) is 0 Å². The predicted octanol–water partition coefficient (Wildman–Crippen LogP) is 1.72. The molecule has 1 heterocycles. The maximum atomic E-state index is 11.1. The fourth-order valence-electron chi connectivity index (χ4n) is 2.59. The van der Waals surface area contributed by atoms with Gasteiger partial charge in [0.15, 0.2) is 0 Å². The monoisotopic (exact) mass is 243 g/mol. The largest absolute Gasteiger partial charge is 0.480 e. The topological polar surface area (TPSA) is 60.8 Å². The molecule has 0 aromatic carbocycles. The van der Waals surface area contributed by atoms with Gasteiger partial charge < -0.3 is 10.2 Å². The second-order valence-electron chi connectivity index (χ2n) is 5.11. The molecule has 0 aliphatic carbocycles. The average Bonchev–Trinajstić information content (AvgIpc) is 2.65. The minimum atomic E-state index is -0.799. The first kappa shape index (κ1) is 14.5. The van der Waals surface area contributed by atoms with Crippen molar-refractivity contribution < 1.29 is 15.0 Å². The number of hydrogen-bond donors (Lipinski definition) is 2. The molecule has 0 aromatic rings. The lowest BCUT2D eigenvalue weighted by molar-refractivity contribution is -0.142. The average molecular weight is 243 g/mol. The normalized spacial score (nSPS) is 27.2. The van der Waals surface area contributed by atoms with Gasteiger partial charge in [0, 0.05) is 19.5 Å². The number of aliphatic hydroxyl groups excluding tert-OH is 1. The lowest BCUT2D eigenvalue weighted by Crippen LogP contribution is -2.39. The van der Waals surface area contributed by atoms with Gasteiger partial charge in [0.2, 0.25) is 0 Å². The number of aliphatic hydroxyl groups is 1. The summed E-state index contributed by atoms with van der Waals surface area (Å²) in [7, 11) is 0. The van der Waals surface area contributed by atoms with E-state index in [1.807, 2.05) is 4.90 Å². The number of carboxylic acids is 1. The van der Waals surface area contributed by atoms with E-state index in [9.17, 15) is 9.90 Å². The van der Waals surface area contributed by atoms with Crippen LogP contribution in [-0.2, 0) is 4.79 Å². The summed E-state index contributed by atoms with van der Waals surface area (Å²) in [5, 5.41) is 18.7. The van der Waals surface area contributed by atoms with Crippen molar-refractivity contribution in [3.05, 3.63) is 0 Å². The number of nitrogens with zero attached hydrogens (tertiary/aromatic N) is 1. The Morgan fingerprint density at radius 1 is 1.47 bits per heavy atom. The first-order valence-corrected chi connectivity index (χ1v) is 6.73. The number of hydrogen-bond acceptors (Lipinski definition) is 3. The Kier molecular flexibility index (Phi) is 5.92. The molecule has 0 saturated carbocycles. The number of β-amino-alcohol motifs (C(OH)–C–C–N with tert-alkyl or cyclic N) is 1. The van der Waals surface area contributed by atoms with Crippen LogP contribution < -0.4 is 0 Å². The van der Waals surface area contributed by atoms with Crippen molar-refractivity contribution in [2.75, 3.05) is 13.1 Å². The summed E-state index contributed by atoms with van der Waals surface area (Å²) in [5.41, 5.74) is 0. The van der Waals surface area contributed by atoms with Crippen LogP contribution in [0.15, 0.2) is 0 Å². The molecule has 4 nitrogen and oxygen atoms in total. The molecular formula is C13H25NO3. The summed E-state index contributed by atoms with van der Waals surface area (Å²) in [6.07, 6.45) is 4.53. The summed E-state index contributed by atoms with van der Waals surface area (Å²) >= 11 is 0. The Bertz CT molecular complexity index is 245. The molecule has 0 amide bonds. The van der Waals surface area contributed by atoms with Crippen LogP contribution in [0.25, 0.3) is 0 Å². The van der Waals surface area contributed by atoms with Gasteiger partial charge in [0.05, 0.1) is 6.10 Å². The van der Waals surface area contributed by atoms with Crippen LogP contribution in [0.1, 0.15) is 46.0 Å². The van der Waals surface area contributed by atoms with Crippen molar-refractivity contribution >= 4 is 5.97 Å². The minimum Gasteiger partial charge on any atom is -0.480 e. The Labute approximate surface area is 104 Å². The van der Waals surface area contributed by atoms with Crippen molar-refractivity contribution in [3.63, 3.8) is 0 Å². The zero-order chi connectivity index (χ0) is 12.8. The van der Waals surface area contributed by atoms with Gasteiger partial charge in [-0.1, -0.05) is 33.1 Å². The molecule has 0 spiro atoms. The summed E-state index contributed by atoms with van der Waals surface area (Å²) in [5.74, 6) is -0.242. The number of unbranched alkanes of at least 4 members (excludes halogenated alkanes) is 1. The third-order valence-electron chi connectivity index (χ3n) is 3.70. The second-order valence-corrected chi connectivity index (χ2v) is 5.11. The maximum absolute atomic E-state index is 11.1. The molecule has 1 fully saturated rings. The molecular weight excluding hydrogens is 218 g/mol. The highest BCUT2D eigenvalue weighted by Gasteiger charge is 2.36. The third kappa shape index (κ3) is 4.28. The smallest absolute Gasteiger partial charge is 0.321 e. The van der Waals surface area contributed by atoms with Gasteiger partial charge >= 0.3 is 5.97 Å². The Morgan fingerprint density at radius 2 is 2.18 bits per heavy atom. The van der Waals surface area contributed by atoms with Crippen molar-refractivity contribution in [1.29, 1.82) is 0 Å². The Morgan fingerprint density at radius 3 is 2.71 bits per heavy atom. The van der Waals surface area contributed by atoms with E-state index in [0.717, 1.165) is 19.4 Å². The van der Waals surface area contributed by atoms with E-state index < -0.39 is 18.1 Å². The van der Waals surface area contributed by atoms with E-state index in [2.05, 4.69) is 13.8 Å². The number of carboxylic acid groups (broad SMARTS) is 1. The zero-order valence-electron chi connectivity index (χ0n) is 10.9. The van der Waals surface area contributed by atoms with E-state index in [0.29, 0.717) is 18.9 Å². The first-order chi connectivity index (χ1) is 8.08. The van der Waals surface area contributed by atoms with Crippen molar-refractivity contribution in [2.45, 2.75) is 58.1 Å². The number of aliphatic carboxylic acids is 1. The molecule has 17 heavy (non-hydrogen) atoms. The highest BCUT2D eigenvalue weighted by atomic mass is 16.4. The van der Waals surface area contributed by atoms with E-state index in [1.54, 1.807) is 0 Å². The quantitative estimate of drug-likeness (QED) is 0.715. The SMILES string of the molecule is CCCCC(CC)CN1C[C@H](O)C[C@H]1C(=O)O. The van der Waals surface area contributed by atoms with Crippen LogP contribution in [0.5, 0.6) is 0 Å². The summed E-state index contributed by atoms with van der Waals surface area (Å²) in [6, 6.07) is -0.485. The lowest BCUT2D eigenvalue weighted by Gasteiger charge is -2.26. The predicted molar refractivity (Wildman–Crippen MR) is 66.9 cm³/mol. The maximum Gasteiger partial charge on any atom is 0.321 e. The molecule has 0 bridgehead atoms. The van der Waals surface area contributed by atoms with Gasteiger partial charge in [-0.2, -0.15) is 0 Å². The first-order valence-electron chi connectivity index (χ1n) is 6.73. The van der Waals surface area contributed by atoms with E-state index in [-0.39, 0.29) is 0 Å². The molecule has 1 unspecified atom stereocenters. The molecule has 3 atom stereocenters. The molecule has 1 aliphatic heterocycles. The molecule has 0 aromatic heterocycles. The van der Waals surface area contributed by atoms with E-state index >= 15 is 0 Å². The van der Waals surface area contributed by atoms with Gasteiger partial charge in [-0.3, -0.25) is 9.69 Å². The molecule has 2 N–H and O–H groups in total. The Balaban J connectivity index is 2.49. The van der Waals surface area contributed by atoms with Crippen LogP contribution in [0, 0.1) is 5.92 Å². The van der Waals surface area contributed by atoms with Crippen molar-refractivity contribution in [2.24, 2.45) is 5.92 Å².